The van der Waals surface area contributed by atoms with Gasteiger partial charge in [-0.15, -0.1) is 0 Å². The van der Waals surface area contributed by atoms with Crippen molar-refractivity contribution in [3.8, 4) is 0 Å². The maximum atomic E-state index is 12.8. The molecule has 2 aromatic rings. The first kappa shape index (κ1) is 22.8. The average Bonchev–Trinajstić information content (AvgIpc) is 2.72. The fourth-order valence-corrected chi connectivity index (χ4v) is 3.62. The largest absolute Gasteiger partial charge is 0.376 e. The highest BCUT2D eigenvalue weighted by Crippen LogP contribution is 2.16. The number of morpholine rings is 1. The normalized spacial score (nSPS) is 16.7. The molecule has 0 unspecified atom stereocenters. The molecule has 1 atom stereocenters. The van der Waals surface area contributed by atoms with E-state index in [2.05, 4.69) is 39.9 Å². The van der Waals surface area contributed by atoms with Crippen molar-refractivity contribution in [1.82, 2.24) is 15.5 Å². The number of rotatable bonds is 7. The van der Waals surface area contributed by atoms with Crippen LogP contribution in [0.25, 0.3) is 0 Å². The second kappa shape index (κ2) is 10.9. The van der Waals surface area contributed by atoms with E-state index < -0.39 is 0 Å². The van der Waals surface area contributed by atoms with Gasteiger partial charge in [-0.25, -0.2) is 4.79 Å². The van der Waals surface area contributed by atoms with Crippen molar-refractivity contribution in [2.24, 2.45) is 0 Å². The van der Waals surface area contributed by atoms with Crippen molar-refractivity contribution in [3.63, 3.8) is 0 Å². The third-order valence-corrected chi connectivity index (χ3v) is 5.02. The van der Waals surface area contributed by atoms with Gasteiger partial charge in [-0.2, -0.15) is 0 Å². The smallest absolute Gasteiger partial charge is 0.319 e. The van der Waals surface area contributed by atoms with Crippen LogP contribution in [0, 0.1) is 0 Å². The van der Waals surface area contributed by atoms with Gasteiger partial charge in [0.15, 0.2) is 0 Å². The molecule has 0 spiro atoms. The summed E-state index contributed by atoms with van der Waals surface area (Å²) in [6.07, 6.45) is 0.257. The van der Waals surface area contributed by atoms with Crippen molar-refractivity contribution < 1.29 is 14.3 Å². The quantitative estimate of drug-likeness (QED) is 0.636. The highest BCUT2D eigenvalue weighted by atomic mass is 16.5. The van der Waals surface area contributed by atoms with Crippen LogP contribution >= 0.6 is 0 Å². The first-order chi connectivity index (χ1) is 14.9. The molecule has 3 N–H and O–H groups in total. The molecule has 166 valence electrons. The Labute approximate surface area is 184 Å². The van der Waals surface area contributed by atoms with Crippen LogP contribution in [0.5, 0.6) is 0 Å². The summed E-state index contributed by atoms with van der Waals surface area (Å²) >= 11 is 0. The lowest BCUT2D eigenvalue weighted by Gasteiger charge is -2.31. The zero-order valence-corrected chi connectivity index (χ0v) is 18.5. The monoisotopic (exact) mass is 424 g/mol. The molecule has 2 aromatic carbocycles. The number of anilines is 1. The van der Waals surface area contributed by atoms with Crippen LogP contribution in [0.4, 0.5) is 10.5 Å². The number of carbonyl (C=O) groups is 2. The van der Waals surface area contributed by atoms with Gasteiger partial charge in [0, 0.05) is 32.2 Å². The minimum atomic E-state index is -0.333. The summed E-state index contributed by atoms with van der Waals surface area (Å²) in [5, 5.41) is 8.48. The maximum absolute atomic E-state index is 12.8. The fraction of sp³-hybridized carbons (Fsp3) is 0.417. The summed E-state index contributed by atoms with van der Waals surface area (Å²) in [6, 6.07) is 14.9. The van der Waals surface area contributed by atoms with E-state index in [4.69, 9.17) is 4.74 Å². The molecule has 3 rings (SSSR count). The van der Waals surface area contributed by atoms with Crippen LogP contribution in [-0.2, 0) is 17.8 Å². The van der Waals surface area contributed by atoms with Crippen molar-refractivity contribution >= 4 is 17.6 Å². The zero-order valence-electron chi connectivity index (χ0n) is 18.5. The lowest BCUT2D eigenvalue weighted by atomic mass is 10.1. The molecule has 0 aliphatic carbocycles. The number of nitrogens with zero attached hydrogens (tertiary/aromatic N) is 1. The number of ether oxygens (including phenoxy) is 1. The Bertz CT molecular complexity index is 900. The number of hydrogen-bond donors (Lipinski definition) is 3. The molecule has 0 saturated carbocycles. The van der Waals surface area contributed by atoms with Gasteiger partial charge >= 0.3 is 6.03 Å². The van der Waals surface area contributed by atoms with Gasteiger partial charge in [0.05, 0.1) is 24.0 Å². The van der Waals surface area contributed by atoms with Gasteiger partial charge in [-0.1, -0.05) is 36.4 Å². The summed E-state index contributed by atoms with van der Waals surface area (Å²) in [5.74, 6) is -0.229. The van der Waals surface area contributed by atoms with Crippen LogP contribution in [0.2, 0.25) is 0 Å². The van der Waals surface area contributed by atoms with E-state index in [0.29, 0.717) is 17.8 Å². The van der Waals surface area contributed by atoms with Gasteiger partial charge in [0.25, 0.3) is 5.91 Å². The van der Waals surface area contributed by atoms with Gasteiger partial charge in [0.2, 0.25) is 0 Å². The summed E-state index contributed by atoms with van der Waals surface area (Å²) in [7, 11) is 0. The molecule has 3 amide bonds. The topological polar surface area (TPSA) is 82.7 Å². The molecule has 7 heteroatoms. The molecule has 1 heterocycles. The van der Waals surface area contributed by atoms with E-state index in [-0.39, 0.29) is 24.1 Å². The van der Waals surface area contributed by atoms with Crippen molar-refractivity contribution in [1.29, 1.82) is 0 Å². The molecule has 1 aliphatic rings. The summed E-state index contributed by atoms with van der Waals surface area (Å²) < 4.78 is 5.61. The minimum absolute atomic E-state index is 0.00828. The summed E-state index contributed by atoms with van der Waals surface area (Å²) in [6.45, 7) is 9.76. The van der Waals surface area contributed by atoms with Gasteiger partial charge in [-0.05, 0) is 44.0 Å². The van der Waals surface area contributed by atoms with Gasteiger partial charge < -0.3 is 20.7 Å². The number of amides is 3. The first-order valence-electron chi connectivity index (χ1n) is 10.8. The molecular weight excluding hydrogens is 392 g/mol. The molecule has 0 radical (unpaired) electrons. The number of para-hydroxylation sites is 1. The Kier molecular flexibility index (Phi) is 8.03. The molecule has 1 saturated heterocycles. The predicted molar refractivity (Wildman–Crippen MR) is 122 cm³/mol. The molecule has 0 aromatic heterocycles. The van der Waals surface area contributed by atoms with Gasteiger partial charge in [0.1, 0.15) is 0 Å². The molecule has 1 aliphatic heterocycles. The minimum Gasteiger partial charge on any atom is -0.376 e. The molecule has 1 fully saturated rings. The van der Waals surface area contributed by atoms with Crippen molar-refractivity contribution in [2.45, 2.75) is 46.0 Å². The Morgan fingerprint density at radius 1 is 1.13 bits per heavy atom. The van der Waals surface area contributed by atoms with Gasteiger partial charge in [-0.3, -0.25) is 9.69 Å². The van der Waals surface area contributed by atoms with Crippen LogP contribution < -0.4 is 16.0 Å². The number of benzene rings is 2. The standard InChI is InChI=1S/C24H32N4O3/c1-17(2)26-24(30)27-22-10-5-4-9-21(22)23(29)25-14-19-7-6-8-20(13-19)16-28-11-12-31-18(3)15-28/h4-10,13,17-18H,11-12,14-16H2,1-3H3,(H,25,29)(H2,26,27,30)/t18-/m0/s1. The molecule has 7 nitrogen and oxygen atoms in total. The SMILES string of the molecule is CC(C)NC(=O)Nc1ccccc1C(=O)NCc1cccc(CN2CCO[C@@H](C)C2)c1. The highest BCUT2D eigenvalue weighted by Gasteiger charge is 2.17. The molecular formula is C24H32N4O3. The van der Waals surface area contributed by atoms with Crippen LogP contribution in [-0.4, -0.2) is 48.7 Å². The van der Waals surface area contributed by atoms with Crippen LogP contribution in [0.1, 0.15) is 42.3 Å². The zero-order chi connectivity index (χ0) is 22.2. The Morgan fingerprint density at radius 3 is 2.68 bits per heavy atom. The van der Waals surface area contributed by atoms with Crippen LogP contribution in [0.3, 0.4) is 0 Å². The third kappa shape index (κ3) is 7.08. The second-order valence-corrected chi connectivity index (χ2v) is 8.22. The lowest BCUT2D eigenvalue weighted by molar-refractivity contribution is -0.0212. The molecule has 31 heavy (non-hydrogen) atoms. The van der Waals surface area contributed by atoms with E-state index in [1.807, 2.05) is 26.0 Å². The number of urea groups is 1. The fourth-order valence-electron chi connectivity index (χ4n) is 3.62. The first-order valence-corrected chi connectivity index (χ1v) is 10.8. The Morgan fingerprint density at radius 2 is 1.90 bits per heavy atom. The second-order valence-electron chi connectivity index (χ2n) is 8.22. The van der Waals surface area contributed by atoms with E-state index in [1.165, 1.54) is 5.56 Å². The molecule has 0 bridgehead atoms. The summed E-state index contributed by atoms with van der Waals surface area (Å²) in [4.78, 5) is 27.2. The van der Waals surface area contributed by atoms with Crippen molar-refractivity contribution in [3.05, 3.63) is 65.2 Å². The van der Waals surface area contributed by atoms with E-state index >= 15 is 0 Å². The third-order valence-electron chi connectivity index (χ3n) is 5.02. The Hall–Kier alpha value is -2.90. The summed E-state index contributed by atoms with van der Waals surface area (Å²) in [5.41, 5.74) is 3.16. The number of nitrogens with one attached hydrogen (secondary N) is 3. The highest BCUT2D eigenvalue weighted by molar-refractivity contribution is 6.03. The van der Waals surface area contributed by atoms with E-state index in [9.17, 15) is 9.59 Å². The maximum Gasteiger partial charge on any atom is 0.319 e. The van der Waals surface area contributed by atoms with E-state index in [0.717, 1.165) is 31.8 Å². The Balaban J connectivity index is 1.59. The average molecular weight is 425 g/mol. The number of hydrogen-bond acceptors (Lipinski definition) is 4. The number of carbonyl (C=O) groups excluding carboxylic acids is 2. The lowest BCUT2D eigenvalue weighted by Crippen LogP contribution is -2.40. The van der Waals surface area contributed by atoms with E-state index in [1.54, 1.807) is 24.3 Å². The van der Waals surface area contributed by atoms with Crippen molar-refractivity contribution in [2.75, 3.05) is 25.0 Å². The van der Waals surface area contributed by atoms with Crippen LogP contribution in [0.15, 0.2) is 48.5 Å². The predicted octanol–water partition coefficient (Wildman–Crippen LogP) is 3.37.